The summed E-state index contributed by atoms with van der Waals surface area (Å²) in [5, 5.41) is 12.4. The molecule has 0 bridgehead atoms. The fraction of sp³-hybridized carbons (Fsp3) is 0.353. The second-order valence-electron chi connectivity index (χ2n) is 5.51. The number of aliphatic hydroxyl groups is 1. The Balaban J connectivity index is 1.62. The Kier molecular flexibility index (Phi) is 4.64. The molecule has 2 atom stereocenters. The van der Waals surface area contributed by atoms with Crippen molar-refractivity contribution in [2.75, 3.05) is 13.2 Å². The number of hydrogen-bond acceptors (Lipinski definition) is 5. The smallest absolute Gasteiger partial charge is 0.287 e. The maximum absolute atomic E-state index is 12.2. The van der Waals surface area contributed by atoms with Crippen molar-refractivity contribution in [1.29, 1.82) is 0 Å². The third-order valence-corrected chi connectivity index (χ3v) is 3.67. The molecule has 23 heavy (non-hydrogen) atoms. The van der Waals surface area contributed by atoms with Crippen molar-refractivity contribution >= 4 is 5.91 Å². The molecule has 1 amide bonds. The van der Waals surface area contributed by atoms with Crippen molar-refractivity contribution in [2.24, 2.45) is 0 Å². The predicted octanol–water partition coefficient (Wildman–Crippen LogP) is 1.66. The summed E-state index contributed by atoms with van der Waals surface area (Å²) in [5.74, 6) is 1.18. The number of aryl methyl sites for hydroxylation is 1. The van der Waals surface area contributed by atoms with Gasteiger partial charge in [-0.3, -0.25) is 4.79 Å². The summed E-state index contributed by atoms with van der Waals surface area (Å²) in [5.41, 5.74) is 0.725. The molecule has 1 aliphatic rings. The summed E-state index contributed by atoms with van der Waals surface area (Å²) in [7, 11) is 0. The number of carbonyl (C=O) groups excluding carboxylic acids is 1. The monoisotopic (exact) mass is 317 g/mol. The van der Waals surface area contributed by atoms with Gasteiger partial charge < -0.3 is 24.3 Å². The zero-order chi connectivity index (χ0) is 16.2. The van der Waals surface area contributed by atoms with E-state index in [4.69, 9.17) is 13.9 Å². The summed E-state index contributed by atoms with van der Waals surface area (Å²) < 4.78 is 16.3. The van der Waals surface area contributed by atoms with Crippen LogP contribution in [0.3, 0.4) is 0 Å². The van der Waals surface area contributed by atoms with E-state index < -0.39 is 12.1 Å². The average Bonchev–Trinajstić information content (AvgIpc) is 3.12. The van der Waals surface area contributed by atoms with E-state index in [1.807, 2.05) is 30.3 Å². The molecular weight excluding hydrogens is 298 g/mol. The number of hydrogen-bond donors (Lipinski definition) is 2. The van der Waals surface area contributed by atoms with Crippen LogP contribution in [0.15, 0.2) is 40.8 Å². The second kappa shape index (κ2) is 6.85. The summed E-state index contributed by atoms with van der Waals surface area (Å²) in [6.07, 6.45) is -0.685. The number of benzene rings is 1. The van der Waals surface area contributed by atoms with Gasteiger partial charge in [0.1, 0.15) is 18.1 Å². The molecule has 2 aromatic rings. The Morgan fingerprint density at radius 3 is 2.83 bits per heavy atom. The Hall–Kier alpha value is -2.31. The second-order valence-corrected chi connectivity index (χ2v) is 5.51. The number of carbonyl (C=O) groups is 1. The molecule has 6 nitrogen and oxygen atoms in total. The molecule has 0 saturated carbocycles. The number of furan rings is 1. The third kappa shape index (κ3) is 3.72. The van der Waals surface area contributed by atoms with Crippen LogP contribution >= 0.6 is 0 Å². The molecule has 0 aliphatic carbocycles. The largest absolute Gasteiger partial charge is 0.486 e. The fourth-order valence-electron chi connectivity index (χ4n) is 2.43. The van der Waals surface area contributed by atoms with E-state index in [1.54, 1.807) is 13.0 Å². The summed E-state index contributed by atoms with van der Waals surface area (Å²) in [6.45, 7) is 2.58. The van der Waals surface area contributed by atoms with Gasteiger partial charge in [0.05, 0.1) is 25.4 Å². The van der Waals surface area contributed by atoms with Crippen molar-refractivity contribution in [2.45, 2.75) is 25.7 Å². The molecule has 6 heteroatoms. The Bertz CT molecular complexity index is 667. The van der Waals surface area contributed by atoms with Crippen molar-refractivity contribution in [3.05, 3.63) is 53.5 Å². The number of aliphatic hydroxyl groups excluding tert-OH is 1. The molecule has 0 unspecified atom stereocenters. The Labute approximate surface area is 134 Å². The van der Waals surface area contributed by atoms with Crippen molar-refractivity contribution in [3.63, 3.8) is 0 Å². The van der Waals surface area contributed by atoms with Gasteiger partial charge in [0.2, 0.25) is 0 Å². The minimum atomic E-state index is -0.685. The SMILES string of the molecule is Cc1cc(COc2ccccc2)oc1C(=O)N[C@H]1COC[C@@H]1O. The zero-order valence-corrected chi connectivity index (χ0v) is 12.8. The van der Waals surface area contributed by atoms with Crippen LogP contribution in [0.25, 0.3) is 0 Å². The molecule has 1 fully saturated rings. The first-order valence-electron chi connectivity index (χ1n) is 7.47. The maximum Gasteiger partial charge on any atom is 0.287 e. The molecule has 1 aromatic heterocycles. The van der Waals surface area contributed by atoms with Gasteiger partial charge >= 0.3 is 0 Å². The Morgan fingerprint density at radius 2 is 2.13 bits per heavy atom. The van der Waals surface area contributed by atoms with Gasteiger partial charge in [-0.15, -0.1) is 0 Å². The number of nitrogens with one attached hydrogen (secondary N) is 1. The highest BCUT2D eigenvalue weighted by atomic mass is 16.5. The highest BCUT2D eigenvalue weighted by Gasteiger charge is 2.29. The maximum atomic E-state index is 12.2. The van der Waals surface area contributed by atoms with E-state index in [9.17, 15) is 9.90 Å². The van der Waals surface area contributed by atoms with E-state index in [-0.39, 0.29) is 24.9 Å². The summed E-state index contributed by atoms with van der Waals surface area (Å²) >= 11 is 0. The number of ether oxygens (including phenoxy) is 2. The van der Waals surface area contributed by atoms with Crippen LogP contribution < -0.4 is 10.1 Å². The first-order chi connectivity index (χ1) is 11.1. The first kappa shape index (κ1) is 15.6. The molecule has 1 saturated heterocycles. The van der Waals surface area contributed by atoms with Crippen molar-refractivity contribution in [1.82, 2.24) is 5.32 Å². The van der Waals surface area contributed by atoms with E-state index in [1.165, 1.54) is 0 Å². The summed E-state index contributed by atoms with van der Waals surface area (Å²) in [4.78, 5) is 12.2. The molecule has 3 rings (SSSR count). The van der Waals surface area contributed by atoms with Crippen LogP contribution in [0.2, 0.25) is 0 Å². The van der Waals surface area contributed by atoms with E-state index in [0.29, 0.717) is 12.4 Å². The lowest BCUT2D eigenvalue weighted by Crippen LogP contribution is -2.42. The highest BCUT2D eigenvalue weighted by molar-refractivity contribution is 5.93. The van der Waals surface area contributed by atoms with Crippen LogP contribution in [0, 0.1) is 6.92 Å². The van der Waals surface area contributed by atoms with Crippen LogP contribution in [-0.4, -0.2) is 36.4 Å². The average molecular weight is 317 g/mol. The minimum absolute atomic E-state index is 0.232. The van der Waals surface area contributed by atoms with E-state index in [0.717, 1.165) is 11.3 Å². The molecule has 1 aliphatic heterocycles. The standard InChI is InChI=1S/C17H19NO5/c1-11-7-13(8-22-12-5-3-2-4-6-12)23-16(11)17(20)18-14-9-21-10-15(14)19/h2-7,14-15,19H,8-10H2,1H3,(H,18,20)/t14-,15-/m0/s1. The lowest BCUT2D eigenvalue weighted by atomic mass is 10.2. The molecule has 0 radical (unpaired) electrons. The quantitative estimate of drug-likeness (QED) is 0.876. The van der Waals surface area contributed by atoms with Crippen molar-refractivity contribution < 1.29 is 23.8 Å². The molecule has 2 heterocycles. The topological polar surface area (TPSA) is 80.9 Å². The van der Waals surface area contributed by atoms with Gasteiger partial charge in [-0.25, -0.2) is 0 Å². The minimum Gasteiger partial charge on any atom is -0.486 e. The van der Waals surface area contributed by atoms with Gasteiger partial charge in [0.25, 0.3) is 5.91 Å². The molecule has 0 spiro atoms. The number of rotatable bonds is 5. The van der Waals surface area contributed by atoms with Crippen LogP contribution in [0.4, 0.5) is 0 Å². The number of para-hydroxylation sites is 1. The first-order valence-corrected chi connectivity index (χ1v) is 7.47. The van der Waals surface area contributed by atoms with Gasteiger partial charge in [-0.2, -0.15) is 0 Å². The molecule has 2 N–H and O–H groups in total. The van der Waals surface area contributed by atoms with Crippen molar-refractivity contribution in [3.8, 4) is 5.75 Å². The van der Waals surface area contributed by atoms with E-state index in [2.05, 4.69) is 5.32 Å². The van der Waals surface area contributed by atoms with Gasteiger partial charge in [0, 0.05) is 5.56 Å². The van der Waals surface area contributed by atoms with Gasteiger partial charge in [0.15, 0.2) is 5.76 Å². The van der Waals surface area contributed by atoms with Crippen LogP contribution in [0.5, 0.6) is 5.75 Å². The third-order valence-electron chi connectivity index (χ3n) is 3.67. The molecular formula is C17H19NO5. The van der Waals surface area contributed by atoms with Gasteiger partial charge in [-0.05, 0) is 25.1 Å². The van der Waals surface area contributed by atoms with Crippen LogP contribution in [-0.2, 0) is 11.3 Å². The molecule has 122 valence electrons. The zero-order valence-electron chi connectivity index (χ0n) is 12.8. The van der Waals surface area contributed by atoms with Gasteiger partial charge in [-0.1, -0.05) is 18.2 Å². The van der Waals surface area contributed by atoms with E-state index >= 15 is 0 Å². The molecule has 1 aromatic carbocycles. The lowest BCUT2D eigenvalue weighted by molar-refractivity contribution is 0.0855. The highest BCUT2D eigenvalue weighted by Crippen LogP contribution is 2.18. The normalized spacial score (nSPS) is 20.4. The Morgan fingerprint density at radius 1 is 1.35 bits per heavy atom. The van der Waals surface area contributed by atoms with Crippen LogP contribution in [0.1, 0.15) is 21.9 Å². The lowest BCUT2D eigenvalue weighted by Gasteiger charge is -2.13. The number of amides is 1. The fourth-order valence-corrected chi connectivity index (χ4v) is 2.43. The predicted molar refractivity (Wildman–Crippen MR) is 82.3 cm³/mol. The summed E-state index contributed by atoms with van der Waals surface area (Å²) in [6, 6.07) is 10.8.